The van der Waals surface area contributed by atoms with Gasteiger partial charge in [-0.25, -0.2) is 0 Å². The second-order valence-electron chi connectivity index (χ2n) is 12.9. The maximum atomic E-state index is 2.52. The number of nitrogens with zero attached hydrogens (tertiary/aromatic N) is 1. The molecule has 0 N–H and O–H groups in total. The van der Waals surface area contributed by atoms with Crippen molar-refractivity contribution in [2.45, 2.75) is 52.4 Å². The summed E-state index contributed by atoms with van der Waals surface area (Å²) in [6, 6.07) is 34.8. The van der Waals surface area contributed by atoms with Crippen LogP contribution in [-0.2, 0) is 10.8 Å². The lowest BCUT2D eigenvalue weighted by Gasteiger charge is -2.35. The zero-order chi connectivity index (χ0) is 26.8. The van der Waals surface area contributed by atoms with Crippen LogP contribution < -0.4 is 0 Å². The van der Waals surface area contributed by atoms with Gasteiger partial charge in [-0.1, -0.05) is 93.4 Å². The van der Waals surface area contributed by atoms with Gasteiger partial charge in [0.25, 0.3) is 0 Å². The first-order valence-electron chi connectivity index (χ1n) is 14.1. The molecular formula is C38H33N. The van der Waals surface area contributed by atoms with E-state index in [2.05, 4.69) is 137 Å². The lowest BCUT2D eigenvalue weighted by atomic mass is 9.73. The van der Waals surface area contributed by atoms with Crippen molar-refractivity contribution < 1.29 is 0 Å². The van der Waals surface area contributed by atoms with E-state index >= 15 is 0 Å². The summed E-state index contributed by atoms with van der Waals surface area (Å²) in [7, 11) is 0. The maximum Gasteiger partial charge on any atom is 0.0582 e. The summed E-state index contributed by atoms with van der Waals surface area (Å²) >= 11 is 0. The summed E-state index contributed by atoms with van der Waals surface area (Å²) in [5.41, 5.74) is 17.5. The number of hydrogen-bond donors (Lipinski definition) is 0. The number of aryl methyl sites for hydroxylation is 2. The van der Waals surface area contributed by atoms with E-state index in [0.717, 1.165) is 0 Å². The standard InChI is InChI=1S/C38H33N/c1-22-11-15-34-28(17-22)29-18-23(2)19-33-36(29)39(34)35-16-13-25(21-32(35)38(33,5)6)24-12-14-27-26-9-7-8-10-30(26)37(3,4)31(27)20-24/h7-21H,1-6H3. The van der Waals surface area contributed by atoms with Crippen molar-refractivity contribution in [1.82, 2.24) is 4.57 Å². The SMILES string of the molecule is Cc1ccc2c(c1)c1cc(C)cc3c1n2-c1ccc(-c2ccc4c(c2)C(C)(C)c2ccccc2-4)cc1C3(C)C. The number of fused-ring (bicyclic) bond motifs is 8. The Hall–Kier alpha value is -4.10. The molecule has 1 aromatic heterocycles. The smallest absolute Gasteiger partial charge is 0.0582 e. The fourth-order valence-corrected chi connectivity index (χ4v) is 7.57. The third-order valence-corrected chi connectivity index (χ3v) is 9.66. The molecule has 1 heteroatoms. The van der Waals surface area contributed by atoms with Crippen LogP contribution in [-0.4, -0.2) is 4.57 Å². The molecule has 1 aliphatic heterocycles. The summed E-state index contributed by atoms with van der Waals surface area (Å²) in [5, 5.41) is 2.72. The first-order chi connectivity index (χ1) is 18.7. The van der Waals surface area contributed by atoms with Gasteiger partial charge >= 0.3 is 0 Å². The number of aromatic nitrogens is 1. The van der Waals surface area contributed by atoms with Crippen molar-refractivity contribution in [1.29, 1.82) is 0 Å². The molecule has 0 unspecified atom stereocenters. The zero-order valence-corrected chi connectivity index (χ0v) is 23.6. The molecule has 190 valence electrons. The Bertz CT molecular complexity index is 2030. The Morgan fingerprint density at radius 1 is 0.513 bits per heavy atom. The normalized spacial score (nSPS) is 15.8. The molecule has 39 heavy (non-hydrogen) atoms. The van der Waals surface area contributed by atoms with E-state index < -0.39 is 0 Å². The summed E-state index contributed by atoms with van der Waals surface area (Å²) in [4.78, 5) is 0. The molecule has 0 bridgehead atoms. The Kier molecular flexibility index (Phi) is 4.28. The molecule has 0 radical (unpaired) electrons. The predicted molar refractivity (Wildman–Crippen MR) is 165 cm³/mol. The first kappa shape index (κ1) is 22.8. The number of rotatable bonds is 1. The van der Waals surface area contributed by atoms with E-state index in [0.29, 0.717) is 0 Å². The molecule has 0 spiro atoms. The van der Waals surface area contributed by atoms with E-state index in [1.54, 1.807) is 0 Å². The third kappa shape index (κ3) is 2.86. The maximum absolute atomic E-state index is 2.52. The predicted octanol–water partition coefficient (Wildman–Crippen LogP) is 10.0. The van der Waals surface area contributed by atoms with Crippen molar-refractivity contribution in [3.63, 3.8) is 0 Å². The number of hydrogen-bond acceptors (Lipinski definition) is 0. The molecule has 6 aromatic rings. The fourth-order valence-electron chi connectivity index (χ4n) is 7.57. The Labute approximate surface area is 230 Å². The molecule has 0 saturated carbocycles. The molecule has 0 amide bonds. The van der Waals surface area contributed by atoms with E-state index in [-0.39, 0.29) is 10.8 Å². The highest BCUT2D eigenvalue weighted by Crippen LogP contribution is 2.51. The monoisotopic (exact) mass is 503 g/mol. The van der Waals surface area contributed by atoms with Crippen LogP contribution in [0.1, 0.15) is 61.1 Å². The van der Waals surface area contributed by atoms with Gasteiger partial charge < -0.3 is 4.57 Å². The number of benzene rings is 5. The Morgan fingerprint density at radius 2 is 1.18 bits per heavy atom. The highest BCUT2D eigenvalue weighted by Gasteiger charge is 2.37. The average molecular weight is 504 g/mol. The van der Waals surface area contributed by atoms with Crippen LogP contribution in [0.4, 0.5) is 0 Å². The molecule has 2 heterocycles. The minimum Gasteiger partial charge on any atom is -0.309 e. The van der Waals surface area contributed by atoms with Crippen LogP contribution in [0, 0.1) is 13.8 Å². The first-order valence-corrected chi connectivity index (χ1v) is 14.1. The van der Waals surface area contributed by atoms with Gasteiger partial charge in [0.1, 0.15) is 0 Å². The van der Waals surface area contributed by atoms with E-state index in [1.807, 2.05) is 0 Å². The average Bonchev–Trinajstić information content (AvgIpc) is 3.36. The highest BCUT2D eigenvalue weighted by atomic mass is 15.0. The third-order valence-electron chi connectivity index (χ3n) is 9.66. The van der Waals surface area contributed by atoms with E-state index in [9.17, 15) is 0 Å². The van der Waals surface area contributed by atoms with Gasteiger partial charge in [-0.05, 0) is 94.8 Å². The molecule has 0 saturated heterocycles. The van der Waals surface area contributed by atoms with Gasteiger partial charge in [-0.2, -0.15) is 0 Å². The second kappa shape index (κ2) is 7.30. The van der Waals surface area contributed by atoms with E-state index in [1.165, 1.54) is 83.1 Å². The van der Waals surface area contributed by atoms with Gasteiger partial charge in [0.2, 0.25) is 0 Å². The summed E-state index contributed by atoms with van der Waals surface area (Å²) in [6.07, 6.45) is 0. The highest BCUT2D eigenvalue weighted by molar-refractivity contribution is 6.12. The molecule has 0 fully saturated rings. The van der Waals surface area contributed by atoms with Crippen LogP contribution in [0.3, 0.4) is 0 Å². The molecule has 0 atom stereocenters. The quantitative estimate of drug-likeness (QED) is 0.210. The van der Waals surface area contributed by atoms with Crippen molar-refractivity contribution in [2.24, 2.45) is 0 Å². The largest absolute Gasteiger partial charge is 0.309 e. The van der Waals surface area contributed by atoms with Crippen LogP contribution in [0.25, 0.3) is 49.7 Å². The van der Waals surface area contributed by atoms with Crippen molar-refractivity contribution in [2.75, 3.05) is 0 Å². The molecule has 1 aliphatic carbocycles. The minimum absolute atomic E-state index is 0.000322. The van der Waals surface area contributed by atoms with Crippen molar-refractivity contribution >= 4 is 21.8 Å². The molecule has 5 aromatic carbocycles. The van der Waals surface area contributed by atoms with E-state index in [4.69, 9.17) is 0 Å². The molecule has 8 rings (SSSR count). The van der Waals surface area contributed by atoms with Crippen molar-refractivity contribution in [3.05, 3.63) is 124 Å². The van der Waals surface area contributed by atoms with Crippen LogP contribution >= 0.6 is 0 Å². The lowest BCUT2D eigenvalue weighted by molar-refractivity contribution is 0.630. The summed E-state index contributed by atoms with van der Waals surface area (Å²) in [5.74, 6) is 0. The molecular weight excluding hydrogens is 470 g/mol. The fraction of sp³-hybridized carbons (Fsp3) is 0.211. The second-order valence-corrected chi connectivity index (χ2v) is 12.9. The van der Waals surface area contributed by atoms with Gasteiger partial charge in [0.05, 0.1) is 16.7 Å². The van der Waals surface area contributed by atoms with Gasteiger partial charge in [0, 0.05) is 21.6 Å². The Balaban J connectivity index is 1.37. The lowest BCUT2D eigenvalue weighted by Crippen LogP contribution is -2.26. The minimum atomic E-state index is -0.110. The van der Waals surface area contributed by atoms with Gasteiger partial charge in [0.15, 0.2) is 0 Å². The summed E-state index contributed by atoms with van der Waals surface area (Å²) < 4.78 is 2.52. The van der Waals surface area contributed by atoms with Crippen LogP contribution in [0.15, 0.2) is 91.0 Å². The van der Waals surface area contributed by atoms with Crippen LogP contribution in [0.5, 0.6) is 0 Å². The summed E-state index contributed by atoms with van der Waals surface area (Å²) in [6.45, 7) is 14.0. The molecule has 1 nitrogen and oxygen atoms in total. The molecule has 2 aliphatic rings. The topological polar surface area (TPSA) is 4.93 Å². The van der Waals surface area contributed by atoms with Crippen LogP contribution in [0.2, 0.25) is 0 Å². The zero-order valence-electron chi connectivity index (χ0n) is 23.6. The Morgan fingerprint density at radius 3 is 2.00 bits per heavy atom. The van der Waals surface area contributed by atoms with Gasteiger partial charge in [-0.15, -0.1) is 0 Å². The van der Waals surface area contributed by atoms with Gasteiger partial charge in [-0.3, -0.25) is 0 Å². The van der Waals surface area contributed by atoms with Crippen molar-refractivity contribution in [3.8, 4) is 27.9 Å².